The molecule has 0 amide bonds. The lowest BCUT2D eigenvalue weighted by Gasteiger charge is -2.30. The molecule has 174 valence electrons. The van der Waals surface area contributed by atoms with E-state index < -0.39 is 10.0 Å². The molecule has 0 radical (unpaired) electrons. The predicted molar refractivity (Wildman–Crippen MR) is 124 cm³/mol. The van der Waals surface area contributed by atoms with Gasteiger partial charge < -0.3 is 10.1 Å². The van der Waals surface area contributed by atoms with E-state index in [2.05, 4.69) is 15.5 Å². The van der Waals surface area contributed by atoms with Crippen LogP contribution < -0.4 is 5.32 Å². The van der Waals surface area contributed by atoms with E-state index >= 15 is 0 Å². The van der Waals surface area contributed by atoms with E-state index in [-0.39, 0.29) is 42.2 Å². The van der Waals surface area contributed by atoms with Gasteiger partial charge in [-0.3, -0.25) is 9.59 Å². The number of aromatic nitrogens is 2. The summed E-state index contributed by atoms with van der Waals surface area (Å²) in [7, 11) is -3.76. The van der Waals surface area contributed by atoms with E-state index in [4.69, 9.17) is 4.74 Å². The number of hydrogen-bond donors (Lipinski definition) is 1. The Balaban J connectivity index is 1.62. The summed E-state index contributed by atoms with van der Waals surface area (Å²) in [6.07, 6.45) is 0.835. The molecule has 0 spiro atoms. The van der Waals surface area contributed by atoms with E-state index in [0.717, 1.165) is 10.1 Å². The molecule has 1 aromatic heterocycles. The third kappa shape index (κ3) is 6.06. The van der Waals surface area contributed by atoms with E-state index in [1.807, 2.05) is 6.92 Å². The molecule has 32 heavy (non-hydrogen) atoms. The number of Topliss-reactive ketones (excluding diaryl/α,β-unsaturated/α-hetero) is 1. The number of sulfonamides is 1. The zero-order valence-electron chi connectivity index (χ0n) is 17.9. The van der Waals surface area contributed by atoms with Crippen molar-refractivity contribution in [2.45, 2.75) is 35.9 Å². The van der Waals surface area contributed by atoms with Crippen molar-refractivity contribution in [3.05, 3.63) is 29.8 Å². The fourth-order valence-corrected chi connectivity index (χ4v) is 6.45. The van der Waals surface area contributed by atoms with Crippen molar-refractivity contribution in [3.63, 3.8) is 0 Å². The first-order chi connectivity index (χ1) is 15.3. The minimum atomic E-state index is -3.76. The molecule has 1 aliphatic rings. The zero-order valence-corrected chi connectivity index (χ0v) is 20.4. The van der Waals surface area contributed by atoms with Gasteiger partial charge in [-0.25, -0.2) is 8.42 Å². The standard InChI is InChI=1S/C20H26N4O5S3/c1-3-29-18(26)14-8-10-24(11-9-14)32(27,28)16-7-5-6-15(12-16)17(25)13-21-19-22-23-20(31-19)30-4-2/h5-7,12,14H,3-4,8-11,13H2,1-2H3,(H,21,22). The first-order valence-electron chi connectivity index (χ1n) is 10.3. The number of piperidine rings is 1. The molecule has 0 saturated carbocycles. The van der Waals surface area contributed by atoms with Gasteiger partial charge in [-0.2, -0.15) is 4.31 Å². The zero-order chi connectivity index (χ0) is 23.1. The summed E-state index contributed by atoms with van der Waals surface area (Å²) in [6, 6.07) is 6.03. The Morgan fingerprint density at radius 1 is 1.25 bits per heavy atom. The first kappa shape index (κ1) is 24.6. The van der Waals surface area contributed by atoms with Gasteiger partial charge in [0.2, 0.25) is 15.2 Å². The Kier molecular flexibility index (Phi) is 8.63. The number of carbonyl (C=O) groups excluding carboxylic acids is 2. The van der Waals surface area contributed by atoms with E-state index in [9.17, 15) is 18.0 Å². The van der Waals surface area contributed by atoms with Crippen molar-refractivity contribution in [1.29, 1.82) is 0 Å². The molecule has 1 fully saturated rings. The van der Waals surface area contributed by atoms with Crippen LogP contribution in [0.3, 0.4) is 0 Å². The second-order valence-corrected chi connectivity index (χ2v) is 11.5. The maximum absolute atomic E-state index is 13.1. The Hall–Kier alpha value is -2.02. The van der Waals surface area contributed by atoms with Crippen molar-refractivity contribution in [3.8, 4) is 0 Å². The second kappa shape index (κ2) is 11.2. The summed E-state index contributed by atoms with van der Waals surface area (Å²) in [6.45, 7) is 4.54. The summed E-state index contributed by atoms with van der Waals surface area (Å²) in [5, 5.41) is 11.5. The molecule has 0 bridgehead atoms. The number of esters is 1. The molecular weight excluding hydrogens is 472 g/mol. The smallest absolute Gasteiger partial charge is 0.309 e. The average Bonchev–Trinajstić information content (AvgIpc) is 3.25. The summed E-state index contributed by atoms with van der Waals surface area (Å²) in [4.78, 5) is 24.6. The molecule has 9 nitrogen and oxygen atoms in total. The number of ketones is 1. The van der Waals surface area contributed by atoms with Gasteiger partial charge in [-0.1, -0.05) is 42.2 Å². The number of carbonyl (C=O) groups is 2. The molecule has 0 unspecified atom stereocenters. The van der Waals surface area contributed by atoms with Crippen LogP contribution in [0.5, 0.6) is 0 Å². The number of ether oxygens (including phenoxy) is 1. The SMILES string of the molecule is CCOC(=O)C1CCN(S(=O)(=O)c2cccc(C(=O)CNc3nnc(SCC)s3)c2)CC1. The largest absolute Gasteiger partial charge is 0.466 e. The maximum Gasteiger partial charge on any atom is 0.309 e. The number of benzene rings is 1. The monoisotopic (exact) mass is 498 g/mol. The summed E-state index contributed by atoms with van der Waals surface area (Å²) < 4.78 is 33.4. The van der Waals surface area contributed by atoms with Gasteiger partial charge in [-0.15, -0.1) is 10.2 Å². The first-order valence-corrected chi connectivity index (χ1v) is 13.6. The van der Waals surface area contributed by atoms with Gasteiger partial charge in [0.25, 0.3) is 0 Å². The van der Waals surface area contributed by atoms with Gasteiger partial charge in [0.1, 0.15) is 0 Å². The number of nitrogens with zero attached hydrogens (tertiary/aromatic N) is 3. The van der Waals surface area contributed by atoms with Crippen molar-refractivity contribution >= 4 is 50.0 Å². The maximum atomic E-state index is 13.1. The molecule has 2 aromatic rings. The number of rotatable bonds is 10. The van der Waals surface area contributed by atoms with Crippen LogP contribution in [0.15, 0.2) is 33.5 Å². The lowest BCUT2D eigenvalue weighted by Crippen LogP contribution is -2.40. The Labute approximate surface area is 196 Å². The van der Waals surface area contributed by atoms with Crippen LogP contribution in [0.1, 0.15) is 37.0 Å². The second-order valence-electron chi connectivity index (χ2n) is 7.04. The van der Waals surface area contributed by atoms with Crippen molar-refractivity contribution in [1.82, 2.24) is 14.5 Å². The predicted octanol–water partition coefficient (Wildman–Crippen LogP) is 2.91. The van der Waals surface area contributed by atoms with Crippen molar-refractivity contribution in [2.24, 2.45) is 5.92 Å². The van der Waals surface area contributed by atoms with Crippen LogP contribution in [0.2, 0.25) is 0 Å². The molecule has 3 rings (SSSR count). The Morgan fingerprint density at radius 3 is 2.69 bits per heavy atom. The van der Waals surface area contributed by atoms with Gasteiger partial charge >= 0.3 is 5.97 Å². The van der Waals surface area contributed by atoms with E-state index in [0.29, 0.717) is 30.1 Å². The van der Waals surface area contributed by atoms with E-state index in [1.165, 1.54) is 27.8 Å². The van der Waals surface area contributed by atoms with Crippen molar-refractivity contribution in [2.75, 3.05) is 37.3 Å². The topological polar surface area (TPSA) is 119 Å². The number of anilines is 1. The summed E-state index contributed by atoms with van der Waals surface area (Å²) >= 11 is 2.94. The molecule has 2 heterocycles. The summed E-state index contributed by atoms with van der Waals surface area (Å²) in [5.74, 6) is 0.0791. The Morgan fingerprint density at radius 2 is 2.00 bits per heavy atom. The highest BCUT2D eigenvalue weighted by Crippen LogP contribution is 2.26. The fraction of sp³-hybridized carbons (Fsp3) is 0.500. The lowest BCUT2D eigenvalue weighted by atomic mass is 9.98. The molecule has 0 aliphatic carbocycles. The van der Waals surface area contributed by atoms with Crippen LogP contribution in [-0.4, -0.2) is 66.7 Å². The minimum absolute atomic E-state index is 0.0140. The molecule has 12 heteroatoms. The highest BCUT2D eigenvalue weighted by molar-refractivity contribution is 8.01. The van der Waals surface area contributed by atoms with Gasteiger partial charge in [0, 0.05) is 18.7 Å². The number of hydrogen-bond acceptors (Lipinski definition) is 10. The average molecular weight is 499 g/mol. The van der Waals surface area contributed by atoms with Gasteiger partial charge in [0.15, 0.2) is 10.1 Å². The third-order valence-corrected chi connectivity index (χ3v) is 8.73. The quantitative estimate of drug-likeness (QED) is 0.300. The van der Waals surface area contributed by atoms with Crippen LogP contribution in [0.25, 0.3) is 0 Å². The molecule has 1 aromatic carbocycles. The molecule has 1 saturated heterocycles. The highest BCUT2D eigenvalue weighted by atomic mass is 32.2. The minimum Gasteiger partial charge on any atom is -0.466 e. The molecule has 1 aliphatic heterocycles. The van der Waals surface area contributed by atoms with Gasteiger partial charge in [0.05, 0.1) is 24.0 Å². The van der Waals surface area contributed by atoms with Crippen molar-refractivity contribution < 1.29 is 22.7 Å². The van der Waals surface area contributed by atoms with Crippen LogP contribution in [0, 0.1) is 5.92 Å². The molecule has 1 N–H and O–H groups in total. The van der Waals surface area contributed by atoms with Crippen LogP contribution >= 0.6 is 23.1 Å². The molecule has 0 atom stereocenters. The third-order valence-electron chi connectivity index (χ3n) is 4.94. The van der Waals surface area contributed by atoms with E-state index in [1.54, 1.807) is 30.8 Å². The number of nitrogens with one attached hydrogen (secondary N) is 1. The normalized spacial score (nSPS) is 15.4. The lowest BCUT2D eigenvalue weighted by molar-refractivity contribution is -0.149. The number of thioether (sulfide) groups is 1. The van der Waals surface area contributed by atoms with Gasteiger partial charge in [-0.05, 0) is 37.7 Å². The fourth-order valence-electron chi connectivity index (χ4n) is 3.29. The highest BCUT2D eigenvalue weighted by Gasteiger charge is 2.33. The Bertz CT molecular complexity index is 1050. The van der Waals surface area contributed by atoms with Crippen LogP contribution in [-0.2, 0) is 19.6 Å². The van der Waals surface area contributed by atoms with Crippen LogP contribution in [0.4, 0.5) is 5.13 Å². The summed E-state index contributed by atoms with van der Waals surface area (Å²) in [5.41, 5.74) is 0.299. The molecular formula is C20H26N4O5S3.